The molecule has 100 valence electrons. The van der Waals surface area contributed by atoms with Crippen molar-refractivity contribution >= 4 is 5.97 Å². The summed E-state index contributed by atoms with van der Waals surface area (Å²) in [6, 6.07) is 6.89. The standard InChI is InChI=1S/C14H21NO3/c1-4-18-10-14(2,3)15-9-11-5-7-12(8-6-11)13(16)17/h5-8,15H,4,9-10H2,1-3H3,(H,16,17). The molecule has 0 saturated heterocycles. The van der Waals surface area contributed by atoms with Gasteiger partial charge in [0, 0.05) is 18.7 Å². The van der Waals surface area contributed by atoms with Crippen molar-refractivity contribution in [2.24, 2.45) is 0 Å². The largest absolute Gasteiger partial charge is 0.478 e. The van der Waals surface area contributed by atoms with E-state index in [2.05, 4.69) is 19.2 Å². The average Bonchev–Trinajstić information content (AvgIpc) is 2.35. The van der Waals surface area contributed by atoms with Gasteiger partial charge in [-0.2, -0.15) is 0 Å². The predicted molar refractivity (Wildman–Crippen MR) is 70.8 cm³/mol. The van der Waals surface area contributed by atoms with Gasteiger partial charge in [0.05, 0.1) is 12.2 Å². The van der Waals surface area contributed by atoms with Crippen LogP contribution in [0.3, 0.4) is 0 Å². The molecule has 4 nitrogen and oxygen atoms in total. The molecule has 0 aromatic heterocycles. The smallest absolute Gasteiger partial charge is 0.335 e. The molecule has 2 N–H and O–H groups in total. The van der Waals surface area contributed by atoms with Crippen molar-refractivity contribution in [2.45, 2.75) is 32.9 Å². The molecule has 0 aliphatic carbocycles. The maximum Gasteiger partial charge on any atom is 0.335 e. The Hall–Kier alpha value is -1.39. The van der Waals surface area contributed by atoms with Gasteiger partial charge in [0.25, 0.3) is 0 Å². The molecule has 0 heterocycles. The second-order valence-electron chi connectivity index (χ2n) is 4.88. The first-order valence-corrected chi connectivity index (χ1v) is 6.09. The van der Waals surface area contributed by atoms with Crippen LogP contribution in [0.2, 0.25) is 0 Å². The van der Waals surface area contributed by atoms with Crippen molar-refractivity contribution in [1.29, 1.82) is 0 Å². The topological polar surface area (TPSA) is 58.6 Å². The number of carboxylic acid groups (broad SMARTS) is 1. The number of benzene rings is 1. The van der Waals surface area contributed by atoms with Crippen molar-refractivity contribution in [2.75, 3.05) is 13.2 Å². The zero-order valence-electron chi connectivity index (χ0n) is 11.2. The van der Waals surface area contributed by atoms with Gasteiger partial charge in [-0.05, 0) is 38.5 Å². The molecule has 0 spiro atoms. The fourth-order valence-corrected chi connectivity index (χ4v) is 1.51. The first kappa shape index (κ1) is 14.7. The maximum absolute atomic E-state index is 10.7. The van der Waals surface area contributed by atoms with E-state index in [0.29, 0.717) is 25.3 Å². The second-order valence-corrected chi connectivity index (χ2v) is 4.88. The molecular weight excluding hydrogens is 230 g/mol. The molecule has 0 aliphatic heterocycles. The van der Waals surface area contributed by atoms with Crippen molar-refractivity contribution in [3.8, 4) is 0 Å². The van der Waals surface area contributed by atoms with Gasteiger partial charge < -0.3 is 15.2 Å². The first-order chi connectivity index (χ1) is 8.44. The number of ether oxygens (including phenoxy) is 1. The molecule has 0 fully saturated rings. The lowest BCUT2D eigenvalue weighted by molar-refractivity contribution is 0.0697. The van der Waals surface area contributed by atoms with E-state index < -0.39 is 5.97 Å². The van der Waals surface area contributed by atoms with E-state index in [0.717, 1.165) is 5.56 Å². The summed E-state index contributed by atoms with van der Waals surface area (Å²) < 4.78 is 5.40. The number of rotatable bonds is 7. The lowest BCUT2D eigenvalue weighted by atomic mass is 10.1. The first-order valence-electron chi connectivity index (χ1n) is 6.09. The van der Waals surface area contributed by atoms with Gasteiger partial charge in [-0.25, -0.2) is 4.79 Å². The highest BCUT2D eigenvalue weighted by Crippen LogP contribution is 2.08. The SMILES string of the molecule is CCOCC(C)(C)NCc1ccc(C(=O)O)cc1. The number of carboxylic acids is 1. The lowest BCUT2D eigenvalue weighted by Gasteiger charge is -2.26. The van der Waals surface area contributed by atoms with Gasteiger partial charge in [-0.3, -0.25) is 0 Å². The fourth-order valence-electron chi connectivity index (χ4n) is 1.51. The Labute approximate surface area is 108 Å². The summed E-state index contributed by atoms with van der Waals surface area (Å²) >= 11 is 0. The molecule has 0 unspecified atom stereocenters. The average molecular weight is 251 g/mol. The van der Waals surface area contributed by atoms with Crippen molar-refractivity contribution in [3.05, 3.63) is 35.4 Å². The van der Waals surface area contributed by atoms with Crippen LogP contribution >= 0.6 is 0 Å². The van der Waals surface area contributed by atoms with Crippen LogP contribution in [-0.2, 0) is 11.3 Å². The Morgan fingerprint density at radius 1 is 1.33 bits per heavy atom. The van der Waals surface area contributed by atoms with Gasteiger partial charge in [-0.1, -0.05) is 12.1 Å². The van der Waals surface area contributed by atoms with E-state index in [1.165, 1.54) is 0 Å². The Bertz CT molecular complexity index is 385. The lowest BCUT2D eigenvalue weighted by Crippen LogP contribution is -2.43. The van der Waals surface area contributed by atoms with E-state index in [1.54, 1.807) is 12.1 Å². The Balaban J connectivity index is 2.50. The summed E-state index contributed by atoms with van der Waals surface area (Å²) in [7, 11) is 0. The molecule has 0 atom stereocenters. The van der Waals surface area contributed by atoms with Crippen LogP contribution in [0.4, 0.5) is 0 Å². The van der Waals surface area contributed by atoms with Crippen molar-refractivity contribution in [3.63, 3.8) is 0 Å². The third-order valence-electron chi connectivity index (χ3n) is 2.64. The van der Waals surface area contributed by atoms with Crippen LogP contribution in [0.15, 0.2) is 24.3 Å². The molecular formula is C14H21NO3. The van der Waals surface area contributed by atoms with Crippen molar-refractivity contribution in [1.82, 2.24) is 5.32 Å². The minimum absolute atomic E-state index is 0.0958. The summed E-state index contributed by atoms with van der Waals surface area (Å²) in [5.41, 5.74) is 1.28. The third-order valence-corrected chi connectivity index (χ3v) is 2.64. The van der Waals surface area contributed by atoms with Gasteiger partial charge in [0.2, 0.25) is 0 Å². The van der Waals surface area contributed by atoms with Gasteiger partial charge >= 0.3 is 5.97 Å². The third kappa shape index (κ3) is 4.85. The van der Waals surface area contributed by atoms with Gasteiger partial charge in [0.15, 0.2) is 0 Å². The summed E-state index contributed by atoms with van der Waals surface area (Å²) in [4.78, 5) is 10.7. The molecule has 1 rings (SSSR count). The van der Waals surface area contributed by atoms with Crippen LogP contribution < -0.4 is 5.32 Å². The number of hydrogen-bond donors (Lipinski definition) is 2. The maximum atomic E-state index is 10.7. The van der Waals surface area contributed by atoms with Gasteiger partial charge in [-0.15, -0.1) is 0 Å². The van der Waals surface area contributed by atoms with Crippen LogP contribution in [0.25, 0.3) is 0 Å². The van der Waals surface area contributed by atoms with Crippen LogP contribution in [0.5, 0.6) is 0 Å². The van der Waals surface area contributed by atoms with Crippen LogP contribution in [-0.4, -0.2) is 29.8 Å². The van der Waals surface area contributed by atoms with Crippen LogP contribution in [0.1, 0.15) is 36.7 Å². The Kier molecular flexibility index (Phi) is 5.31. The van der Waals surface area contributed by atoms with E-state index >= 15 is 0 Å². The number of hydrogen-bond acceptors (Lipinski definition) is 3. The summed E-state index contributed by atoms with van der Waals surface area (Å²) in [5, 5.41) is 12.2. The fraction of sp³-hybridized carbons (Fsp3) is 0.500. The molecule has 1 aromatic rings. The van der Waals surface area contributed by atoms with E-state index in [4.69, 9.17) is 9.84 Å². The Morgan fingerprint density at radius 2 is 1.94 bits per heavy atom. The predicted octanol–water partition coefficient (Wildman–Crippen LogP) is 2.29. The molecule has 1 aromatic carbocycles. The molecule has 0 bridgehead atoms. The summed E-state index contributed by atoms with van der Waals surface area (Å²) in [6.45, 7) is 8.18. The normalized spacial score (nSPS) is 11.5. The van der Waals surface area contributed by atoms with E-state index in [9.17, 15) is 4.79 Å². The van der Waals surface area contributed by atoms with E-state index in [1.807, 2.05) is 19.1 Å². The zero-order valence-corrected chi connectivity index (χ0v) is 11.2. The number of nitrogens with one attached hydrogen (secondary N) is 1. The number of aromatic carboxylic acids is 1. The summed E-state index contributed by atoms with van der Waals surface area (Å²) in [5.74, 6) is -0.897. The molecule has 4 heteroatoms. The summed E-state index contributed by atoms with van der Waals surface area (Å²) in [6.07, 6.45) is 0. The minimum atomic E-state index is -0.897. The van der Waals surface area contributed by atoms with Crippen LogP contribution in [0, 0.1) is 0 Å². The highest BCUT2D eigenvalue weighted by Gasteiger charge is 2.16. The Morgan fingerprint density at radius 3 is 2.44 bits per heavy atom. The molecule has 0 amide bonds. The van der Waals surface area contributed by atoms with Gasteiger partial charge in [0.1, 0.15) is 0 Å². The molecule has 0 saturated carbocycles. The highest BCUT2D eigenvalue weighted by atomic mass is 16.5. The van der Waals surface area contributed by atoms with E-state index in [-0.39, 0.29) is 5.54 Å². The zero-order chi connectivity index (χ0) is 13.6. The quantitative estimate of drug-likeness (QED) is 0.780. The molecule has 0 radical (unpaired) electrons. The molecule has 18 heavy (non-hydrogen) atoms. The minimum Gasteiger partial charge on any atom is -0.478 e. The van der Waals surface area contributed by atoms with Crippen molar-refractivity contribution < 1.29 is 14.6 Å². The monoisotopic (exact) mass is 251 g/mol. The highest BCUT2D eigenvalue weighted by molar-refractivity contribution is 5.87. The molecule has 0 aliphatic rings. The second kappa shape index (κ2) is 6.52. The number of carbonyl (C=O) groups is 1.